The molecule has 1 N–H and O–H groups in total. The number of fused-ring (bicyclic) bond motifs is 1. The van der Waals surface area contributed by atoms with Crippen LogP contribution in [0.2, 0.25) is 0 Å². The molecule has 1 aliphatic carbocycles. The average molecular weight is 535 g/mol. The van der Waals surface area contributed by atoms with E-state index in [-0.39, 0.29) is 10.6 Å². The SMILES string of the molecule is Cc1cc(-c2ccc(CS(=O)(=O)c3ccccn3)c(F)c2)nc2cnc(NC3CCC(N(C)C)CC3)nc12. The van der Waals surface area contributed by atoms with Gasteiger partial charge in [-0.1, -0.05) is 18.2 Å². The standard InChI is InChI=1S/C28H31FN6O2S/c1-18-14-24(19-7-8-20(23(29)15-19)17-38(36,37)26-6-4-5-13-30-26)33-25-16-31-28(34-27(18)25)32-21-9-11-22(12-10-21)35(2)3/h4-8,13-16,21-22H,9-12,17H2,1-3H3,(H,31,32,34). The second kappa shape index (κ2) is 10.7. The number of nitrogens with one attached hydrogen (secondary N) is 1. The minimum Gasteiger partial charge on any atom is -0.351 e. The van der Waals surface area contributed by atoms with Crippen LogP contribution < -0.4 is 5.32 Å². The molecule has 1 aliphatic rings. The Labute approximate surface area is 222 Å². The van der Waals surface area contributed by atoms with Gasteiger partial charge in [0, 0.05) is 29.4 Å². The number of aromatic nitrogens is 4. The van der Waals surface area contributed by atoms with Gasteiger partial charge in [0.15, 0.2) is 14.9 Å². The number of hydrogen-bond acceptors (Lipinski definition) is 8. The van der Waals surface area contributed by atoms with E-state index in [2.05, 4.69) is 39.3 Å². The van der Waals surface area contributed by atoms with Crippen LogP contribution in [-0.2, 0) is 15.6 Å². The van der Waals surface area contributed by atoms with Gasteiger partial charge >= 0.3 is 0 Å². The van der Waals surface area contributed by atoms with E-state index >= 15 is 0 Å². The van der Waals surface area contributed by atoms with Crippen molar-refractivity contribution in [3.05, 3.63) is 71.8 Å². The Morgan fingerprint density at radius 2 is 1.82 bits per heavy atom. The predicted octanol–water partition coefficient (Wildman–Crippen LogP) is 4.79. The maximum absolute atomic E-state index is 15.0. The second-order valence-electron chi connectivity index (χ2n) is 10.1. The van der Waals surface area contributed by atoms with Crippen LogP contribution in [0, 0.1) is 12.7 Å². The summed E-state index contributed by atoms with van der Waals surface area (Å²) in [5, 5.41) is 3.40. The molecule has 1 saturated carbocycles. The van der Waals surface area contributed by atoms with Crippen LogP contribution in [-0.4, -0.2) is 59.4 Å². The molecule has 10 heteroatoms. The Balaban J connectivity index is 1.34. The monoisotopic (exact) mass is 534 g/mol. The van der Waals surface area contributed by atoms with E-state index in [9.17, 15) is 12.8 Å². The third kappa shape index (κ3) is 5.66. The number of anilines is 1. The normalized spacial score (nSPS) is 18.1. The fourth-order valence-electron chi connectivity index (χ4n) is 4.95. The maximum atomic E-state index is 15.0. The molecule has 0 aliphatic heterocycles. The molecule has 0 atom stereocenters. The molecular formula is C28H31FN6O2S. The zero-order valence-electron chi connectivity index (χ0n) is 21.7. The molecule has 3 heterocycles. The summed E-state index contributed by atoms with van der Waals surface area (Å²) in [6.45, 7) is 1.94. The number of benzene rings is 1. The molecule has 8 nitrogen and oxygen atoms in total. The summed E-state index contributed by atoms with van der Waals surface area (Å²) in [5.74, 6) is -0.491. The number of nitrogens with zero attached hydrogens (tertiary/aromatic N) is 5. The summed E-state index contributed by atoms with van der Waals surface area (Å²) in [7, 11) is 0.500. The van der Waals surface area contributed by atoms with Gasteiger partial charge < -0.3 is 10.2 Å². The van der Waals surface area contributed by atoms with Crippen molar-refractivity contribution in [1.29, 1.82) is 0 Å². The average Bonchev–Trinajstić information content (AvgIpc) is 2.91. The van der Waals surface area contributed by atoms with Gasteiger partial charge in [-0.2, -0.15) is 0 Å². The first-order chi connectivity index (χ1) is 18.2. The molecule has 4 aromatic rings. The van der Waals surface area contributed by atoms with Gasteiger partial charge in [-0.25, -0.2) is 32.7 Å². The van der Waals surface area contributed by atoms with Crippen LogP contribution in [0.15, 0.2) is 59.9 Å². The van der Waals surface area contributed by atoms with E-state index in [1.807, 2.05) is 13.0 Å². The van der Waals surface area contributed by atoms with Gasteiger partial charge in [-0.05, 0) is 76.5 Å². The van der Waals surface area contributed by atoms with Crippen LogP contribution in [0.1, 0.15) is 36.8 Å². The van der Waals surface area contributed by atoms with Crippen LogP contribution in [0.25, 0.3) is 22.3 Å². The van der Waals surface area contributed by atoms with Crippen LogP contribution >= 0.6 is 0 Å². The molecule has 1 aromatic carbocycles. The fourth-order valence-corrected chi connectivity index (χ4v) is 6.25. The highest BCUT2D eigenvalue weighted by atomic mass is 32.2. The highest BCUT2D eigenvalue weighted by molar-refractivity contribution is 7.90. The Hall–Kier alpha value is -3.50. The lowest BCUT2D eigenvalue weighted by Gasteiger charge is -2.32. The molecular weight excluding hydrogens is 503 g/mol. The maximum Gasteiger partial charge on any atom is 0.223 e. The molecule has 0 unspecified atom stereocenters. The van der Waals surface area contributed by atoms with Crippen molar-refractivity contribution in [3.8, 4) is 11.3 Å². The van der Waals surface area contributed by atoms with Crippen LogP contribution in [0.5, 0.6) is 0 Å². The Morgan fingerprint density at radius 1 is 1.03 bits per heavy atom. The van der Waals surface area contributed by atoms with E-state index in [1.165, 1.54) is 24.4 Å². The fraction of sp³-hybridized carbons (Fsp3) is 0.357. The van der Waals surface area contributed by atoms with E-state index in [0.717, 1.165) is 36.8 Å². The van der Waals surface area contributed by atoms with Crippen molar-refractivity contribution in [1.82, 2.24) is 24.8 Å². The summed E-state index contributed by atoms with van der Waals surface area (Å²) >= 11 is 0. The first kappa shape index (κ1) is 26.1. The minimum absolute atomic E-state index is 0.0783. The molecule has 1 fully saturated rings. The topological polar surface area (TPSA) is 101 Å². The van der Waals surface area contributed by atoms with E-state index in [1.54, 1.807) is 24.4 Å². The van der Waals surface area contributed by atoms with Crippen molar-refractivity contribution in [2.45, 2.75) is 55.5 Å². The summed E-state index contributed by atoms with van der Waals surface area (Å²) in [5.41, 5.74) is 3.45. The third-order valence-corrected chi connectivity index (χ3v) is 8.72. The van der Waals surface area contributed by atoms with Crippen molar-refractivity contribution in [2.24, 2.45) is 0 Å². The lowest BCUT2D eigenvalue weighted by Crippen LogP contribution is -2.36. The van der Waals surface area contributed by atoms with Crippen molar-refractivity contribution in [2.75, 3.05) is 19.4 Å². The van der Waals surface area contributed by atoms with E-state index in [0.29, 0.717) is 34.8 Å². The summed E-state index contributed by atoms with van der Waals surface area (Å²) < 4.78 is 40.3. The van der Waals surface area contributed by atoms with Crippen molar-refractivity contribution >= 4 is 26.8 Å². The first-order valence-corrected chi connectivity index (χ1v) is 14.3. The minimum atomic E-state index is -3.76. The molecule has 0 radical (unpaired) electrons. The van der Waals surface area contributed by atoms with Gasteiger partial charge in [0.2, 0.25) is 5.95 Å². The zero-order valence-corrected chi connectivity index (χ0v) is 22.5. The number of halogens is 1. The molecule has 3 aromatic heterocycles. The van der Waals surface area contributed by atoms with E-state index in [4.69, 9.17) is 4.98 Å². The number of sulfone groups is 1. The van der Waals surface area contributed by atoms with Crippen molar-refractivity contribution < 1.29 is 12.8 Å². The summed E-state index contributed by atoms with van der Waals surface area (Å²) in [4.78, 5) is 20.1. The van der Waals surface area contributed by atoms with E-state index < -0.39 is 21.4 Å². The first-order valence-electron chi connectivity index (χ1n) is 12.7. The van der Waals surface area contributed by atoms with Gasteiger partial charge in [0.05, 0.1) is 23.2 Å². The number of hydrogen-bond donors (Lipinski definition) is 1. The highest BCUT2D eigenvalue weighted by Crippen LogP contribution is 2.28. The number of rotatable bonds is 7. The molecule has 0 bridgehead atoms. The molecule has 5 rings (SSSR count). The molecule has 0 amide bonds. The summed E-state index contributed by atoms with van der Waals surface area (Å²) in [6.07, 6.45) is 7.53. The third-order valence-electron chi connectivity index (χ3n) is 7.15. The van der Waals surface area contributed by atoms with Gasteiger partial charge in [-0.3, -0.25) is 0 Å². The van der Waals surface area contributed by atoms with Gasteiger partial charge in [-0.15, -0.1) is 0 Å². The quantitative estimate of drug-likeness (QED) is 0.361. The number of pyridine rings is 2. The van der Waals surface area contributed by atoms with Crippen LogP contribution in [0.4, 0.5) is 10.3 Å². The molecule has 0 saturated heterocycles. The lowest BCUT2D eigenvalue weighted by atomic mass is 9.91. The smallest absolute Gasteiger partial charge is 0.223 e. The zero-order chi connectivity index (χ0) is 26.9. The lowest BCUT2D eigenvalue weighted by molar-refractivity contribution is 0.221. The Morgan fingerprint density at radius 3 is 2.50 bits per heavy atom. The van der Waals surface area contributed by atoms with Crippen LogP contribution in [0.3, 0.4) is 0 Å². The van der Waals surface area contributed by atoms with Gasteiger partial charge in [0.1, 0.15) is 11.3 Å². The Kier molecular flexibility index (Phi) is 7.36. The number of aryl methyl sites for hydroxylation is 1. The second-order valence-corrected chi connectivity index (χ2v) is 12.0. The molecule has 38 heavy (non-hydrogen) atoms. The largest absolute Gasteiger partial charge is 0.351 e. The Bertz CT molecular complexity index is 1550. The highest BCUT2D eigenvalue weighted by Gasteiger charge is 2.23. The molecule has 0 spiro atoms. The molecule has 198 valence electrons. The summed E-state index contributed by atoms with van der Waals surface area (Å²) in [6, 6.07) is 11.9. The van der Waals surface area contributed by atoms with Gasteiger partial charge in [0.25, 0.3) is 0 Å². The van der Waals surface area contributed by atoms with Crippen molar-refractivity contribution in [3.63, 3.8) is 0 Å². The predicted molar refractivity (Wildman–Crippen MR) is 146 cm³/mol.